The number of aromatic nitrogens is 1. The summed E-state index contributed by atoms with van der Waals surface area (Å²) in [4.78, 5) is 17.5. The fourth-order valence-electron chi connectivity index (χ4n) is 2.17. The van der Waals surface area contributed by atoms with Crippen LogP contribution in [0.1, 0.15) is 5.56 Å². The first-order valence-electron chi connectivity index (χ1n) is 7.05. The largest absolute Gasteiger partial charge is 0.325 e. The number of anilines is 1. The highest BCUT2D eigenvalue weighted by molar-refractivity contribution is 8.00. The number of carbonyl (C=O) groups excluding carboxylic acids is 1. The molecule has 1 amide bonds. The highest BCUT2D eigenvalue weighted by atomic mass is 32.2. The number of carbonyl (C=O) groups is 1. The molecule has 0 spiro atoms. The zero-order chi connectivity index (χ0) is 15.4. The number of amides is 1. The van der Waals surface area contributed by atoms with E-state index in [4.69, 9.17) is 0 Å². The van der Waals surface area contributed by atoms with Gasteiger partial charge in [0.25, 0.3) is 0 Å². The first-order chi connectivity index (χ1) is 10.7. The van der Waals surface area contributed by atoms with Crippen LogP contribution >= 0.6 is 11.8 Å². The van der Waals surface area contributed by atoms with E-state index in [1.807, 2.05) is 61.5 Å². The number of hydrogen-bond acceptors (Lipinski definition) is 3. The van der Waals surface area contributed by atoms with Crippen molar-refractivity contribution in [2.75, 3.05) is 11.1 Å². The Morgan fingerprint density at radius 3 is 2.68 bits per heavy atom. The van der Waals surface area contributed by atoms with Crippen LogP contribution in [0.2, 0.25) is 0 Å². The van der Waals surface area contributed by atoms with E-state index in [9.17, 15) is 4.79 Å². The lowest BCUT2D eigenvalue weighted by molar-refractivity contribution is -0.113. The van der Waals surface area contributed by atoms with E-state index in [-0.39, 0.29) is 5.91 Å². The van der Waals surface area contributed by atoms with Crippen molar-refractivity contribution in [3.05, 3.63) is 66.4 Å². The fraction of sp³-hybridized carbons (Fsp3) is 0.111. The summed E-state index contributed by atoms with van der Waals surface area (Å²) in [6.45, 7) is 2.02. The zero-order valence-electron chi connectivity index (χ0n) is 12.2. The molecule has 3 nitrogen and oxygen atoms in total. The van der Waals surface area contributed by atoms with Gasteiger partial charge in [-0.05, 0) is 31.2 Å². The summed E-state index contributed by atoms with van der Waals surface area (Å²) in [7, 11) is 0. The molecule has 0 fully saturated rings. The number of rotatable bonds is 4. The van der Waals surface area contributed by atoms with Gasteiger partial charge in [0.15, 0.2) is 0 Å². The van der Waals surface area contributed by atoms with E-state index in [1.165, 1.54) is 17.3 Å². The van der Waals surface area contributed by atoms with Gasteiger partial charge in [-0.2, -0.15) is 0 Å². The summed E-state index contributed by atoms with van der Waals surface area (Å²) >= 11 is 1.51. The predicted octanol–water partition coefficient (Wildman–Crippen LogP) is 4.27. The average Bonchev–Trinajstić information content (AvgIpc) is 2.55. The van der Waals surface area contributed by atoms with Crippen molar-refractivity contribution in [1.82, 2.24) is 4.98 Å². The van der Waals surface area contributed by atoms with Crippen LogP contribution in [0.4, 0.5) is 5.69 Å². The Labute approximate surface area is 133 Å². The van der Waals surface area contributed by atoms with E-state index >= 15 is 0 Å². The van der Waals surface area contributed by atoms with Crippen LogP contribution < -0.4 is 5.32 Å². The highest BCUT2D eigenvalue weighted by Gasteiger charge is 2.07. The molecule has 0 bridgehead atoms. The predicted molar refractivity (Wildman–Crippen MR) is 92.3 cm³/mol. The number of fused-ring (bicyclic) bond motifs is 1. The Morgan fingerprint density at radius 1 is 1.09 bits per heavy atom. The Kier molecular flexibility index (Phi) is 4.39. The van der Waals surface area contributed by atoms with Gasteiger partial charge in [0.05, 0.1) is 11.3 Å². The SMILES string of the molecule is Cc1ccc(NC(=O)CSc2cccc3cccnc23)cc1. The number of pyridine rings is 1. The lowest BCUT2D eigenvalue weighted by Gasteiger charge is -2.07. The summed E-state index contributed by atoms with van der Waals surface area (Å²) in [5.74, 6) is 0.352. The van der Waals surface area contributed by atoms with Gasteiger partial charge in [-0.15, -0.1) is 11.8 Å². The van der Waals surface area contributed by atoms with Crippen molar-refractivity contribution in [1.29, 1.82) is 0 Å². The van der Waals surface area contributed by atoms with E-state index < -0.39 is 0 Å². The van der Waals surface area contributed by atoms with Crippen LogP contribution in [-0.2, 0) is 4.79 Å². The minimum atomic E-state index is -0.0122. The summed E-state index contributed by atoms with van der Waals surface area (Å²) in [5, 5.41) is 4.00. The molecule has 0 atom stereocenters. The molecule has 2 aromatic carbocycles. The van der Waals surface area contributed by atoms with Crippen LogP contribution in [0.25, 0.3) is 10.9 Å². The molecule has 0 saturated heterocycles. The Balaban J connectivity index is 1.66. The maximum Gasteiger partial charge on any atom is 0.234 e. The van der Waals surface area contributed by atoms with Crippen molar-refractivity contribution < 1.29 is 4.79 Å². The van der Waals surface area contributed by atoms with Crippen molar-refractivity contribution in [2.45, 2.75) is 11.8 Å². The smallest absolute Gasteiger partial charge is 0.234 e. The van der Waals surface area contributed by atoms with Gasteiger partial charge in [-0.3, -0.25) is 9.78 Å². The lowest BCUT2D eigenvalue weighted by atomic mass is 10.2. The standard InChI is InChI=1S/C18H16N2OS/c1-13-7-9-15(10-8-13)20-17(21)12-22-16-6-2-4-14-5-3-11-19-18(14)16/h2-11H,12H2,1H3,(H,20,21). The Morgan fingerprint density at radius 2 is 1.86 bits per heavy atom. The topological polar surface area (TPSA) is 42.0 Å². The van der Waals surface area contributed by atoms with Gasteiger partial charge >= 0.3 is 0 Å². The molecular weight excluding hydrogens is 292 g/mol. The monoisotopic (exact) mass is 308 g/mol. The van der Waals surface area contributed by atoms with Crippen LogP contribution in [0, 0.1) is 6.92 Å². The number of para-hydroxylation sites is 1. The van der Waals surface area contributed by atoms with Crippen LogP contribution in [0.3, 0.4) is 0 Å². The van der Waals surface area contributed by atoms with Crippen LogP contribution in [-0.4, -0.2) is 16.6 Å². The third-order valence-corrected chi connectivity index (χ3v) is 4.34. The second-order valence-corrected chi connectivity index (χ2v) is 6.05. The molecule has 0 aliphatic heterocycles. The number of nitrogens with one attached hydrogen (secondary N) is 1. The Bertz CT molecular complexity index is 794. The maximum atomic E-state index is 12.1. The van der Waals surface area contributed by atoms with Crippen molar-refractivity contribution >= 4 is 34.3 Å². The number of aryl methyl sites for hydroxylation is 1. The van der Waals surface area contributed by atoms with E-state index in [0.29, 0.717) is 5.75 Å². The molecule has 3 rings (SSSR count). The normalized spacial score (nSPS) is 10.6. The van der Waals surface area contributed by atoms with E-state index in [1.54, 1.807) is 6.20 Å². The minimum Gasteiger partial charge on any atom is -0.325 e. The van der Waals surface area contributed by atoms with Gasteiger partial charge < -0.3 is 5.32 Å². The minimum absolute atomic E-state index is 0.0122. The third kappa shape index (κ3) is 3.46. The first kappa shape index (κ1) is 14.6. The average molecular weight is 308 g/mol. The third-order valence-electron chi connectivity index (χ3n) is 3.29. The summed E-state index contributed by atoms with van der Waals surface area (Å²) in [6, 6.07) is 17.8. The van der Waals surface area contributed by atoms with Crippen LogP contribution in [0.5, 0.6) is 0 Å². The second kappa shape index (κ2) is 6.62. The van der Waals surface area contributed by atoms with Crippen molar-refractivity contribution in [3.8, 4) is 0 Å². The number of benzene rings is 2. The van der Waals surface area contributed by atoms with E-state index in [0.717, 1.165) is 21.5 Å². The number of nitrogens with zero attached hydrogens (tertiary/aromatic N) is 1. The van der Waals surface area contributed by atoms with Gasteiger partial charge in [-0.1, -0.05) is 35.9 Å². The Hall–Kier alpha value is -2.33. The van der Waals surface area contributed by atoms with Gasteiger partial charge in [0.2, 0.25) is 5.91 Å². The maximum absolute atomic E-state index is 12.1. The molecule has 0 unspecified atom stereocenters. The fourth-order valence-corrected chi connectivity index (χ4v) is 3.01. The molecule has 110 valence electrons. The van der Waals surface area contributed by atoms with Crippen LogP contribution in [0.15, 0.2) is 65.7 Å². The molecular formula is C18H16N2OS. The van der Waals surface area contributed by atoms with Crippen molar-refractivity contribution in [2.24, 2.45) is 0 Å². The molecule has 1 heterocycles. The summed E-state index contributed by atoms with van der Waals surface area (Å²) in [5.41, 5.74) is 2.94. The van der Waals surface area contributed by atoms with Gasteiger partial charge in [0.1, 0.15) is 0 Å². The molecule has 0 aliphatic carbocycles. The number of thioether (sulfide) groups is 1. The quantitative estimate of drug-likeness (QED) is 0.732. The van der Waals surface area contributed by atoms with Gasteiger partial charge in [0, 0.05) is 22.2 Å². The van der Waals surface area contributed by atoms with Gasteiger partial charge in [-0.25, -0.2) is 0 Å². The first-order valence-corrected chi connectivity index (χ1v) is 8.04. The van der Waals surface area contributed by atoms with E-state index in [2.05, 4.69) is 10.3 Å². The molecule has 0 aliphatic rings. The summed E-state index contributed by atoms with van der Waals surface area (Å²) < 4.78 is 0. The van der Waals surface area contributed by atoms with Crippen molar-refractivity contribution in [3.63, 3.8) is 0 Å². The second-order valence-electron chi connectivity index (χ2n) is 5.03. The summed E-state index contributed by atoms with van der Waals surface area (Å²) in [6.07, 6.45) is 1.78. The molecule has 0 saturated carbocycles. The molecule has 1 N–H and O–H groups in total. The highest BCUT2D eigenvalue weighted by Crippen LogP contribution is 2.26. The molecule has 4 heteroatoms. The zero-order valence-corrected chi connectivity index (χ0v) is 13.1. The molecule has 22 heavy (non-hydrogen) atoms. The molecule has 0 radical (unpaired) electrons. The molecule has 3 aromatic rings. The molecule has 1 aromatic heterocycles. The lowest BCUT2D eigenvalue weighted by Crippen LogP contribution is -2.13. The number of hydrogen-bond donors (Lipinski definition) is 1.